The predicted molar refractivity (Wildman–Crippen MR) is 68.4 cm³/mol. The second-order valence-corrected chi connectivity index (χ2v) is 7.17. The second-order valence-electron chi connectivity index (χ2n) is 7.17. The Morgan fingerprint density at radius 1 is 1.37 bits per heavy atom. The summed E-state index contributed by atoms with van der Waals surface area (Å²) in [6.45, 7) is 4.08. The molecule has 0 spiro atoms. The van der Waals surface area contributed by atoms with Crippen LogP contribution in [0.5, 0.6) is 0 Å². The predicted octanol–water partition coefficient (Wildman–Crippen LogP) is 1.71. The van der Waals surface area contributed by atoms with Gasteiger partial charge in [0.05, 0.1) is 5.92 Å². The molecule has 4 heteroatoms. The van der Waals surface area contributed by atoms with E-state index in [1.807, 2.05) is 6.92 Å². The van der Waals surface area contributed by atoms with Crippen molar-refractivity contribution in [1.29, 1.82) is 0 Å². The molecule has 3 rings (SSSR count). The molecule has 0 radical (unpaired) electrons. The van der Waals surface area contributed by atoms with Gasteiger partial charge in [-0.25, -0.2) is 0 Å². The summed E-state index contributed by atoms with van der Waals surface area (Å²) in [7, 11) is 0. The molecular weight excluding hydrogens is 244 g/mol. The SMILES string of the molecule is C[C@@H]1C(=O)C[C@@H]2[C@H]3CC[C@H](C(=O)O)[C@@]12C[C@]3(C)CO. The van der Waals surface area contributed by atoms with Crippen LogP contribution in [0.3, 0.4) is 0 Å². The fourth-order valence-electron chi connectivity index (χ4n) is 5.70. The highest BCUT2D eigenvalue weighted by Crippen LogP contribution is 2.72. The molecule has 0 heterocycles. The maximum Gasteiger partial charge on any atom is 0.307 e. The maximum atomic E-state index is 12.1. The van der Waals surface area contributed by atoms with Crippen LogP contribution in [0, 0.1) is 34.5 Å². The van der Waals surface area contributed by atoms with Gasteiger partial charge in [-0.05, 0) is 41.9 Å². The first kappa shape index (κ1) is 13.1. The van der Waals surface area contributed by atoms with Crippen LogP contribution in [-0.4, -0.2) is 28.6 Å². The Morgan fingerprint density at radius 3 is 2.63 bits per heavy atom. The van der Waals surface area contributed by atoms with Gasteiger partial charge in [0.1, 0.15) is 5.78 Å². The number of aliphatic hydroxyl groups is 1. The molecule has 106 valence electrons. The quantitative estimate of drug-likeness (QED) is 0.798. The zero-order valence-corrected chi connectivity index (χ0v) is 11.6. The van der Waals surface area contributed by atoms with E-state index in [0.29, 0.717) is 25.2 Å². The number of hydrogen-bond acceptors (Lipinski definition) is 3. The lowest BCUT2D eigenvalue weighted by Gasteiger charge is -2.43. The van der Waals surface area contributed by atoms with Crippen molar-refractivity contribution in [3.8, 4) is 0 Å². The Morgan fingerprint density at radius 2 is 2.05 bits per heavy atom. The summed E-state index contributed by atoms with van der Waals surface area (Å²) in [5.74, 6) is -0.641. The summed E-state index contributed by atoms with van der Waals surface area (Å²) < 4.78 is 0. The highest BCUT2D eigenvalue weighted by Gasteiger charge is 2.70. The van der Waals surface area contributed by atoms with Crippen LogP contribution < -0.4 is 0 Å². The lowest BCUT2D eigenvalue weighted by molar-refractivity contribution is -0.152. The number of Topliss-reactive ketones (excluding diaryl/α,β-unsaturated/α-hetero) is 1. The van der Waals surface area contributed by atoms with Gasteiger partial charge in [-0.3, -0.25) is 9.59 Å². The van der Waals surface area contributed by atoms with Gasteiger partial charge < -0.3 is 10.2 Å². The average molecular weight is 266 g/mol. The number of ketones is 1. The Kier molecular flexibility index (Phi) is 2.63. The fraction of sp³-hybridized carbons (Fsp3) is 0.867. The fourth-order valence-corrected chi connectivity index (χ4v) is 5.70. The third-order valence-corrected chi connectivity index (χ3v) is 6.57. The molecule has 4 nitrogen and oxygen atoms in total. The number of aliphatic hydroxyl groups excluding tert-OH is 1. The normalized spacial score (nSPS) is 52.3. The van der Waals surface area contributed by atoms with Crippen LogP contribution in [0.25, 0.3) is 0 Å². The molecule has 0 unspecified atom stereocenters. The van der Waals surface area contributed by atoms with Crippen LogP contribution in [0.4, 0.5) is 0 Å². The van der Waals surface area contributed by atoms with Crippen molar-refractivity contribution in [1.82, 2.24) is 0 Å². The molecule has 2 N–H and O–H groups in total. The Bertz CT molecular complexity index is 445. The standard InChI is InChI=1S/C15H22O4/c1-8-12(17)5-11-9-3-4-10(13(18)19)15(8,11)6-14(9,2)7-16/h8-11,16H,3-7H2,1-2H3,(H,18,19)/t8-,9-,10-,11-,14-,15-/m1/s1. The molecule has 3 aliphatic carbocycles. The lowest BCUT2D eigenvalue weighted by Crippen LogP contribution is -2.44. The molecule has 0 aliphatic heterocycles. The number of carboxylic acids is 1. The topological polar surface area (TPSA) is 74.6 Å². The van der Waals surface area contributed by atoms with Gasteiger partial charge in [0.25, 0.3) is 0 Å². The zero-order chi connectivity index (χ0) is 14.0. The minimum absolute atomic E-state index is 0.100. The van der Waals surface area contributed by atoms with E-state index in [1.165, 1.54) is 0 Å². The van der Waals surface area contributed by atoms with E-state index in [9.17, 15) is 19.8 Å². The third kappa shape index (κ3) is 1.38. The molecule has 3 fully saturated rings. The summed E-state index contributed by atoms with van der Waals surface area (Å²) >= 11 is 0. The van der Waals surface area contributed by atoms with Crippen LogP contribution >= 0.6 is 0 Å². The highest BCUT2D eigenvalue weighted by atomic mass is 16.4. The van der Waals surface area contributed by atoms with E-state index in [-0.39, 0.29) is 29.6 Å². The Hall–Kier alpha value is -0.900. The van der Waals surface area contributed by atoms with Gasteiger partial charge in [-0.15, -0.1) is 0 Å². The summed E-state index contributed by atoms with van der Waals surface area (Å²) in [4.78, 5) is 23.8. The molecule has 6 atom stereocenters. The molecule has 3 aliphatic rings. The molecular formula is C15H22O4. The monoisotopic (exact) mass is 266 g/mol. The van der Waals surface area contributed by atoms with Crippen molar-refractivity contribution in [3.05, 3.63) is 0 Å². The van der Waals surface area contributed by atoms with E-state index in [2.05, 4.69) is 6.92 Å². The minimum atomic E-state index is -0.757. The zero-order valence-electron chi connectivity index (χ0n) is 11.6. The van der Waals surface area contributed by atoms with Gasteiger partial charge in [-0.2, -0.15) is 0 Å². The van der Waals surface area contributed by atoms with Gasteiger partial charge >= 0.3 is 5.97 Å². The van der Waals surface area contributed by atoms with Crippen molar-refractivity contribution in [2.75, 3.05) is 6.61 Å². The van der Waals surface area contributed by atoms with Crippen LogP contribution in [-0.2, 0) is 9.59 Å². The largest absolute Gasteiger partial charge is 0.481 e. The van der Waals surface area contributed by atoms with Gasteiger partial charge in [0.15, 0.2) is 0 Å². The third-order valence-electron chi connectivity index (χ3n) is 6.57. The summed E-state index contributed by atoms with van der Waals surface area (Å²) in [5.41, 5.74) is -0.604. The van der Waals surface area contributed by atoms with Crippen LogP contribution in [0.1, 0.15) is 39.5 Å². The molecule has 0 aromatic rings. The molecule has 0 aromatic heterocycles. The molecule has 0 aromatic carbocycles. The number of carbonyl (C=O) groups is 2. The number of hydrogen-bond donors (Lipinski definition) is 2. The maximum absolute atomic E-state index is 12.1. The first-order valence-electron chi connectivity index (χ1n) is 7.23. The van der Waals surface area contributed by atoms with E-state index in [4.69, 9.17) is 0 Å². The number of carboxylic acid groups (broad SMARTS) is 1. The average Bonchev–Trinajstić information content (AvgIpc) is 2.68. The highest BCUT2D eigenvalue weighted by molar-refractivity contribution is 5.87. The Balaban J connectivity index is 2.12. The van der Waals surface area contributed by atoms with Crippen LogP contribution in [0.15, 0.2) is 0 Å². The number of aliphatic carboxylic acids is 1. The van der Waals surface area contributed by atoms with E-state index < -0.39 is 17.3 Å². The van der Waals surface area contributed by atoms with Crippen LogP contribution in [0.2, 0.25) is 0 Å². The molecule has 3 saturated carbocycles. The van der Waals surface area contributed by atoms with Crippen molar-refractivity contribution >= 4 is 11.8 Å². The van der Waals surface area contributed by atoms with E-state index >= 15 is 0 Å². The first-order chi connectivity index (χ1) is 8.86. The summed E-state index contributed by atoms with van der Waals surface area (Å²) in [6, 6.07) is 0. The molecule has 0 saturated heterocycles. The van der Waals surface area contributed by atoms with Crippen molar-refractivity contribution in [2.45, 2.75) is 39.5 Å². The number of carbonyl (C=O) groups excluding carboxylic acids is 1. The van der Waals surface area contributed by atoms with Crippen molar-refractivity contribution in [2.24, 2.45) is 34.5 Å². The van der Waals surface area contributed by atoms with E-state index in [0.717, 1.165) is 6.42 Å². The summed E-state index contributed by atoms with van der Waals surface area (Å²) in [6.07, 6.45) is 2.70. The van der Waals surface area contributed by atoms with Gasteiger partial charge in [-0.1, -0.05) is 13.8 Å². The molecule has 19 heavy (non-hydrogen) atoms. The van der Waals surface area contributed by atoms with Gasteiger partial charge in [0.2, 0.25) is 0 Å². The summed E-state index contributed by atoms with van der Waals surface area (Å²) in [5, 5.41) is 19.3. The number of rotatable bonds is 2. The van der Waals surface area contributed by atoms with E-state index in [1.54, 1.807) is 0 Å². The second kappa shape index (κ2) is 3.81. The Labute approximate surface area is 113 Å². The van der Waals surface area contributed by atoms with Gasteiger partial charge in [0, 0.05) is 18.9 Å². The van der Waals surface area contributed by atoms with Crippen molar-refractivity contribution < 1.29 is 19.8 Å². The molecule has 0 amide bonds. The lowest BCUT2D eigenvalue weighted by atomic mass is 9.59. The molecule has 2 bridgehead atoms. The smallest absolute Gasteiger partial charge is 0.307 e. The minimum Gasteiger partial charge on any atom is -0.481 e. The van der Waals surface area contributed by atoms with Crippen molar-refractivity contribution in [3.63, 3.8) is 0 Å². The first-order valence-corrected chi connectivity index (χ1v) is 7.23.